The predicted octanol–water partition coefficient (Wildman–Crippen LogP) is 2.91. The van der Waals surface area contributed by atoms with Crippen LogP contribution in [0, 0.1) is 0 Å². The minimum atomic E-state index is 0.456. The van der Waals surface area contributed by atoms with Crippen molar-refractivity contribution in [2.75, 3.05) is 33.4 Å². The summed E-state index contributed by atoms with van der Waals surface area (Å²) in [5.74, 6) is 0.956. The van der Waals surface area contributed by atoms with Gasteiger partial charge in [-0.15, -0.1) is 0 Å². The zero-order valence-electron chi connectivity index (χ0n) is 14.5. The lowest BCUT2D eigenvalue weighted by Gasteiger charge is -2.30. The second-order valence-electron chi connectivity index (χ2n) is 7.17. The van der Waals surface area contributed by atoms with E-state index in [1.54, 1.807) is 7.11 Å². The summed E-state index contributed by atoms with van der Waals surface area (Å²) in [6, 6.07) is 10.4. The van der Waals surface area contributed by atoms with Gasteiger partial charge in [0.25, 0.3) is 0 Å². The zero-order valence-corrected chi connectivity index (χ0v) is 14.5. The number of nitrogens with zero attached hydrogens (tertiary/aromatic N) is 1. The Morgan fingerprint density at radius 2 is 2.21 bits per heavy atom. The molecule has 4 rings (SSSR count). The summed E-state index contributed by atoms with van der Waals surface area (Å²) in [6.45, 7) is 3.80. The van der Waals surface area contributed by atoms with Crippen molar-refractivity contribution in [2.24, 2.45) is 0 Å². The average molecular weight is 328 g/mol. The Bertz CT molecular complexity index is 597. The average Bonchev–Trinajstić information content (AvgIpc) is 3.40. The number of hydrogen-bond acceptors (Lipinski definition) is 4. The van der Waals surface area contributed by atoms with Gasteiger partial charge in [-0.1, -0.05) is 18.2 Å². The molecule has 4 heteroatoms. The Balaban J connectivity index is 1.50. The molecule has 24 heavy (non-hydrogen) atoms. The van der Waals surface area contributed by atoms with Gasteiger partial charge in [-0.3, -0.25) is 4.90 Å². The summed E-state index contributed by atoms with van der Waals surface area (Å²) in [6.07, 6.45) is 7.31. The molecular formula is C20H28N2O2. The molecule has 0 amide bonds. The lowest BCUT2D eigenvalue weighted by Crippen LogP contribution is -2.38. The zero-order chi connectivity index (χ0) is 16.4. The minimum Gasteiger partial charge on any atom is -0.497 e. The van der Waals surface area contributed by atoms with Gasteiger partial charge in [0.05, 0.1) is 26.4 Å². The molecule has 2 fully saturated rings. The molecule has 1 aromatic rings. The van der Waals surface area contributed by atoms with E-state index in [-0.39, 0.29) is 0 Å². The van der Waals surface area contributed by atoms with Gasteiger partial charge in [0.2, 0.25) is 0 Å². The molecule has 1 N–H and O–H groups in total. The first-order valence-corrected chi connectivity index (χ1v) is 9.24. The van der Waals surface area contributed by atoms with Crippen LogP contribution in [0.2, 0.25) is 0 Å². The van der Waals surface area contributed by atoms with Gasteiger partial charge in [-0.05, 0) is 49.0 Å². The fraction of sp³-hybridized carbons (Fsp3) is 0.600. The molecular weight excluding hydrogens is 300 g/mol. The predicted molar refractivity (Wildman–Crippen MR) is 95.4 cm³/mol. The number of ether oxygens (including phenoxy) is 2. The van der Waals surface area contributed by atoms with Gasteiger partial charge in [0.15, 0.2) is 0 Å². The van der Waals surface area contributed by atoms with E-state index >= 15 is 0 Å². The van der Waals surface area contributed by atoms with Gasteiger partial charge < -0.3 is 14.8 Å². The van der Waals surface area contributed by atoms with E-state index in [2.05, 4.69) is 34.5 Å². The van der Waals surface area contributed by atoms with E-state index in [1.165, 1.54) is 36.9 Å². The summed E-state index contributed by atoms with van der Waals surface area (Å²) in [5.41, 5.74) is 2.78. The molecule has 3 aliphatic rings. The summed E-state index contributed by atoms with van der Waals surface area (Å²) >= 11 is 0. The topological polar surface area (TPSA) is 33.7 Å². The fourth-order valence-corrected chi connectivity index (χ4v) is 4.09. The van der Waals surface area contributed by atoms with E-state index in [9.17, 15) is 0 Å². The Labute approximate surface area is 144 Å². The first-order valence-electron chi connectivity index (χ1n) is 9.24. The highest BCUT2D eigenvalue weighted by Crippen LogP contribution is 2.41. The quantitative estimate of drug-likeness (QED) is 0.814. The van der Waals surface area contributed by atoms with Crippen LogP contribution in [0.15, 0.2) is 35.9 Å². The molecule has 1 aliphatic carbocycles. The van der Waals surface area contributed by atoms with Crippen LogP contribution in [-0.2, 0) is 4.74 Å². The molecule has 4 nitrogen and oxygen atoms in total. The van der Waals surface area contributed by atoms with Crippen LogP contribution in [0.25, 0.3) is 0 Å². The largest absolute Gasteiger partial charge is 0.497 e. The first-order chi connectivity index (χ1) is 11.8. The van der Waals surface area contributed by atoms with Crippen molar-refractivity contribution in [3.63, 3.8) is 0 Å². The number of likely N-dealkylation sites (tertiary alicyclic amines) is 1. The summed E-state index contributed by atoms with van der Waals surface area (Å²) in [4.78, 5) is 2.71. The van der Waals surface area contributed by atoms with Crippen LogP contribution in [0.3, 0.4) is 0 Å². The monoisotopic (exact) mass is 328 g/mol. The number of hydrogen-bond donors (Lipinski definition) is 1. The van der Waals surface area contributed by atoms with Gasteiger partial charge in [-0.25, -0.2) is 0 Å². The Kier molecular flexibility index (Phi) is 4.88. The molecule has 130 valence electrons. The van der Waals surface area contributed by atoms with E-state index in [0.717, 1.165) is 38.0 Å². The number of nitrogens with one attached hydrogen (secondary N) is 1. The van der Waals surface area contributed by atoms with Crippen LogP contribution < -0.4 is 10.1 Å². The minimum absolute atomic E-state index is 0.456. The van der Waals surface area contributed by atoms with Gasteiger partial charge in [0, 0.05) is 25.2 Å². The Morgan fingerprint density at radius 3 is 2.96 bits per heavy atom. The lowest BCUT2D eigenvalue weighted by atomic mass is 9.99. The SMILES string of the molecule is COc1cccc([C@@H]2[C@@H](NCC3=CCCOC3)CCN2C2CC2)c1. The smallest absolute Gasteiger partial charge is 0.119 e. The fourth-order valence-electron chi connectivity index (χ4n) is 4.09. The standard InChI is InChI=1S/C20H28N2O2/c1-23-18-6-2-5-16(12-18)20-19(9-10-22(20)17-7-8-17)21-13-15-4-3-11-24-14-15/h2,4-6,12,17,19-21H,3,7-11,13-14H2,1H3/t19-,20+/m0/s1. The van der Waals surface area contributed by atoms with E-state index in [4.69, 9.17) is 9.47 Å². The van der Waals surface area contributed by atoms with Crippen molar-refractivity contribution in [1.82, 2.24) is 10.2 Å². The molecule has 1 saturated heterocycles. The Morgan fingerprint density at radius 1 is 1.29 bits per heavy atom. The van der Waals surface area contributed by atoms with Gasteiger partial charge in [0.1, 0.15) is 5.75 Å². The summed E-state index contributed by atoms with van der Waals surface area (Å²) < 4.78 is 11.0. The summed E-state index contributed by atoms with van der Waals surface area (Å²) in [5, 5.41) is 3.82. The van der Waals surface area contributed by atoms with Gasteiger partial charge in [-0.2, -0.15) is 0 Å². The maximum Gasteiger partial charge on any atom is 0.119 e. The molecule has 0 radical (unpaired) electrons. The second kappa shape index (κ2) is 7.26. The second-order valence-corrected chi connectivity index (χ2v) is 7.17. The number of benzene rings is 1. The highest BCUT2D eigenvalue weighted by atomic mass is 16.5. The molecule has 0 unspecified atom stereocenters. The highest BCUT2D eigenvalue weighted by molar-refractivity contribution is 5.32. The van der Waals surface area contributed by atoms with Crippen LogP contribution in [0.5, 0.6) is 5.75 Å². The first kappa shape index (κ1) is 16.1. The molecule has 2 heterocycles. The van der Waals surface area contributed by atoms with Crippen molar-refractivity contribution in [3.05, 3.63) is 41.5 Å². The van der Waals surface area contributed by atoms with E-state index in [0.29, 0.717) is 12.1 Å². The van der Waals surface area contributed by atoms with Crippen molar-refractivity contribution in [1.29, 1.82) is 0 Å². The van der Waals surface area contributed by atoms with E-state index in [1.807, 2.05) is 6.07 Å². The molecule has 1 aromatic carbocycles. The van der Waals surface area contributed by atoms with Crippen molar-refractivity contribution in [2.45, 2.75) is 43.8 Å². The van der Waals surface area contributed by atoms with Gasteiger partial charge >= 0.3 is 0 Å². The molecule has 1 saturated carbocycles. The molecule has 0 spiro atoms. The number of methoxy groups -OCH3 is 1. The molecule has 2 atom stereocenters. The third-order valence-electron chi connectivity index (χ3n) is 5.46. The Hall–Kier alpha value is -1.36. The molecule has 0 aromatic heterocycles. The normalized spacial score (nSPS) is 28.0. The van der Waals surface area contributed by atoms with Crippen molar-refractivity contribution in [3.8, 4) is 5.75 Å². The molecule has 0 bridgehead atoms. The highest BCUT2D eigenvalue weighted by Gasteiger charge is 2.42. The van der Waals surface area contributed by atoms with Crippen LogP contribution >= 0.6 is 0 Å². The maximum absolute atomic E-state index is 5.57. The lowest BCUT2D eigenvalue weighted by molar-refractivity contribution is 0.148. The van der Waals surface area contributed by atoms with Crippen LogP contribution in [-0.4, -0.2) is 50.4 Å². The third kappa shape index (κ3) is 3.51. The summed E-state index contributed by atoms with van der Waals surface area (Å²) in [7, 11) is 1.75. The third-order valence-corrected chi connectivity index (χ3v) is 5.46. The van der Waals surface area contributed by atoms with Crippen LogP contribution in [0.1, 0.15) is 37.3 Å². The van der Waals surface area contributed by atoms with Crippen molar-refractivity contribution >= 4 is 0 Å². The van der Waals surface area contributed by atoms with Crippen molar-refractivity contribution < 1.29 is 9.47 Å². The molecule has 2 aliphatic heterocycles. The number of rotatable bonds is 6. The van der Waals surface area contributed by atoms with Crippen LogP contribution in [0.4, 0.5) is 0 Å². The van der Waals surface area contributed by atoms with E-state index < -0.39 is 0 Å². The maximum atomic E-state index is 5.57.